The molecule has 2 aromatic heterocycles. The normalized spacial score (nSPS) is 11.1. The second kappa shape index (κ2) is 4.59. The Balaban J connectivity index is 2.03. The highest BCUT2D eigenvalue weighted by molar-refractivity contribution is 5.79. The Morgan fingerprint density at radius 3 is 2.71 bits per heavy atom. The standard InChI is InChI=1S/C17H14N4/c1-12-6-5-9-14(13-7-3-2-4-8-13)16(12)21-17-15(10-20-21)18-11-19-17/h2-11H,1H3,(H,18,19). The summed E-state index contributed by atoms with van der Waals surface area (Å²) in [6.45, 7) is 2.10. The Morgan fingerprint density at radius 1 is 1.00 bits per heavy atom. The van der Waals surface area contributed by atoms with Gasteiger partial charge in [-0.1, -0.05) is 48.5 Å². The van der Waals surface area contributed by atoms with Gasteiger partial charge in [0.1, 0.15) is 5.52 Å². The lowest BCUT2D eigenvalue weighted by Crippen LogP contribution is -2.02. The van der Waals surface area contributed by atoms with E-state index < -0.39 is 0 Å². The number of rotatable bonds is 2. The van der Waals surface area contributed by atoms with Crippen LogP contribution < -0.4 is 0 Å². The van der Waals surface area contributed by atoms with Crippen molar-refractivity contribution >= 4 is 11.2 Å². The van der Waals surface area contributed by atoms with Crippen molar-refractivity contribution in [1.82, 2.24) is 19.7 Å². The van der Waals surface area contributed by atoms with Crippen molar-refractivity contribution in [1.29, 1.82) is 0 Å². The number of aromatic amines is 1. The first kappa shape index (κ1) is 11.9. The Bertz CT molecular complexity index is 903. The van der Waals surface area contributed by atoms with E-state index in [4.69, 9.17) is 0 Å². The number of hydrogen-bond acceptors (Lipinski definition) is 2. The van der Waals surface area contributed by atoms with Crippen molar-refractivity contribution in [2.24, 2.45) is 0 Å². The number of aryl methyl sites for hydroxylation is 1. The van der Waals surface area contributed by atoms with Crippen molar-refractivity contribution in [3.8, 4) is 16.8 Å². The molecule has 21 heavy (non-hydrogen) atoms. The summed E-state index contributed by atoms with van der Waals surface area (Å²) in [5.74, 6) is 0. The van der Waals surface area contributed by atoms with E-state index in [9.17, 15) is 0 Å². The van der Waals surface area contributed by atoms with Crippen LogP contribution in [-0.4, -0.2) is 19.7 Å². The highest BCUT2D eigenvalue weighted by atomic mass is 15.3. The molecule has 0 radical (unpaired) electrons. The lowest BCUT2D eigenvalue weighted by molar-refractivity contribution is 0.890. The second-order valence-corrected chi connectivity index (χ2v) is 5.03. The first-order valence-electron chi connectivity index (χ1n) is 6.87. The van der Waals surface area contributed by atoms with E-state index in [0.29, 0.717) is 0 Å². The first-order valence-corrected chi connectivity index (χ1v) is 6.87. The monoisotopic (exact) mass is 274 g/mol. The second-order valence-electron chi connectivity index (χ2n) is 5.03. The van der Waals surface area contributed by atoms with Crippen LogP contribution >= 0.6 is 0 Å². The highest BCUT2D eigenvalue weighted by Gasteiger charge is 2.14. The number of imidazole rings is 1. The predicted molar refractivity (Wildman–Crippen MR) is 83.4 cm³/mol. The first-order chi connectivity index (χ1) is 10.3. The van der Waals surface area contributed by atoms with Gasteiger partial charge in [0.15, 0.2) is 5.65 Å². The van der Waals surface area contributed by atoms with Gasteiger partial charge in [-0.05, 0) is 18.1 Å². The van der Waals surface area contributed by atoms with Crippen molar-refractivity contribution in [3.05, 3.63) is 66.6 Å². The predicted octanol–water partition coefficient (Wildman–Crippen LogP) is 3.72. The van der Waals surface area contributed by atoms with E-state index in [1.54, 1.807) is 6.33 Å². The lowest BCUT2D eigenvalue weighted by atomic mass is 10.0. The van der Waals surface area contributed by atoms with Crippen LogP contribution in [0.15, 0.2) is 61.1 Å². The smallest absolute Gasteiger partial charge is 0.180 e. The molecule has 0 saturated carbocycles. The Hall–Kier alpha value is -2.88. The average Bonchev–Trinajstić information content (AvgIpc) is 3.11. The summed E-state index contributed by atoms with van der Waals surface area (Å²) in [4.78, 5) is 7.47. The quantitative estimate of drug-likeness (QED) is 0.605. The third-order valence-corrected chi connectivity index (χ3v) is 3.69. The molecule has 0 atom stereocenters. The maximum Gasteiger partial charge on any atom is 0.180 e. The van der Waals surface area contributed by atoms with Crippen molar-refractivity contribution in [3.63, 3.8) is 0 Å². The molecule has 4 nitrogen and oxygen atoms in total. The molecule has 102 valence electrons. The number of H-pyrrole nitrogens is 1. The van der Waals surface area contributed by atoms with Crippen LogP contribution in [0.3, 0.4) is 0 Å². The van der Waals surface area contributed by atoms with Gasteiger partial charge >= 0.3 is 0 Å². The summed E-state index contributed by atoms with van der Waals surface area (Å²) in [5, 5.41) is 4.50. The van der Waals surface area contributed by atoms with Gasteiger partial charge in [-0.3, -0.25) is 0 Å². The van der Waals surface area contributed by atoms with Crippen molar-refractivity contribution in [2.75, 3.05) is 0 Å². The molecule has 0 saturated heterocycles. The van der Waals surface area contributed by atoms with Crippen LogP contribution in [0.2, 0.25) is 0 Å². The minimum Gasteiger partial charge on any atom is -0.342 e. The number of nitrogens with zero attached hydrogens (tertiary/aromatic N) is 3. The van der Waals surface area contributed by atoms with Gasteiger partial charge in [0.25, 0.3) is 0 Å². The van der Waals surface area contributed by atoms with E-state index >= 15 is 0 Å². The fourth-order valence-electron chi connectivity index (χ4n) is 2.69. The summed E-state index contributed by atoms with van der Waals surface area (Å²) < 4.78 is 1.91. The van der Waals surface area contributed by atoms with Crippen LogP contribution in [-0.2, 0) is 0 Å². The Labute approximate surface area is 122 Å². The summed E-state index contributed by atoms with van der Waals surface area (Å²) in [6.07, 6.45) is 3.51. The molecule has 0 fully saturated rings. The molecule has 0 aliphatic heterocycles. The van der Waals surface area contributed by atoms with Gasteiger partial charge in [0, 0.05) is 5.56 Å². The summed E-state index contributed by atoms with van der Waals surface area (Å²) >= 11 is 0. The summed E-state index contributed by atoms with van der Waals surface area (Å²) in [7, 11) is 0. The number of aromatic nitrogens is 4. The van der Waals surface area contributed by atoms with Crippen LogP contribution in [0.5, 0.6) is 0 Å². The van der Waals surface area contributed by atoms with Crippen molar-refractivity contribution in [2.45, 2.75) is 6.92 Å². The zero-order chi connectivity index (χ0) is 14.2. The minimum absolute atomic E-state index is 0.849. The Morgan fingerprint density at radius 2 is 1.86 bits per heavy atom. The number of benzene rings is 2. The lowest BCUT2D eigenvalue weighted by Gasteiger charge is -2.13. The molecule has 0 unspecified atom stereocenters. The molecule has 2 aromatic carbocycles. The fourth-order valence-corrected chi connectivity index (χ4v) is 2.69. The van der Waals surface area contributed by atoms with E-state index in [1.807, 2.05) is 16.9 Å². The van der Waals surface area contributed by atoms with E-state index in [0.717, 1.165) is 22.4 Å². The third-order valence-electron chi connectivity index (χ3n) is 3.69. The number of fused-ring (bicyclic) bond motifs is 1. The highest BCUT2D eigenvalue weighted by Crippen LogP contribution is 2.30. The molecule has 0 bridgehead atoms. The van der Waals surface area contributed by atoms with Crippen LogP contribution in [0, 0.1) is 6.92 Å². The Kier molecular flexibility index (Phi) is 2.60. The maximum absolute atomic E-state index is 4.50. The maximum atomic E-state index is 4.50. The zero-order valence-corrected chi connectivity index (χ0v) is 11.6. The van der Waals surface area contributed by atoms with Gasteiger partial charge in [-0.2, -0.15) is 5.10 Å². The molecule has 1 N–H and O–H groups in total. The summed E-state index contributed by atoms with van der Waals surface area (Å²) in [6, 6.07) is 16.7. The molecule has 4 rings (SSSR count). The van der Waals surface area contributed by atoms with Crippen molar-refractivity contribution < 1.29 is 0 Å². The van der Waals surface area contributed by atoms with Crippen LogP contribution in [0.4, 0.5) is 0 Å². The number of nitrogens with one attached hydrogen (secondary N) is 1. The average molecular weight is 274 g/mol. The molecule has 0 amide bonds. The summed E-state index contributed by atoms with van der Waals surface area (Å²) in [5.41, 5.74) is 6.37. The topological polar surface area (TPSA) is 46.5 Å². The molecule has 2 heterocycles. The molecular weight excluding hydrogens is 260 g/mol. The zero-order valence-electron chi connectivity index (χ0n) is 11.6. The van der Waals surface area contributed by atoms with E-state index in [-0.39, 0.29) is 0 Å². The van der Waals surface area contributed by atoms with Gasteiger partial charge < -0.3 is 4.98 Å². The molecular formula is C17H14N4. The van der Waals surface area contributed by atoms with Crippen LogP contribution in [0.25, 0.3) is 28.0 Å². The molecule has 0 aliphatic rings. The third kappa shape index (κ3) is 1.84. The van der Waals surface area contributed by atoms with E-state index in [2.05, 4.69) is 64.5 Å². The SMILES string of the molecule is Cc1cccc(-c2ccccc2)c1-n1ncc2[nH]cnc21. The molecule has 4 aromatic rings. The van der Waals surface area contributed by atoms with Gasteiger partial charge in [0.2, 0.25) is 0 Å². The van der Waals surface area contributed by atoms with Gasteiger partial charge in [0.05, 0.1) is 18.2 Å². The molecule has 0 spiro atoms. The molecule has 4 heteroatoms. The van der Waals surface area contributed by atoms with Gasteiger partial charge in [-0.25, -0.2) is 9.67 Å². The fraction of sp³-hybridized carbons (Fsp3) is 0.0588. The van der Waals surface area contributed by atoms with E-state index in [1.165, 1.54) is 11.1 Å². The molecule has 0 aliphatic carbocycles. The largest absolute Gasteiger partial charge is 0.342 e. The van der Waals surface area contributed by atoms with Gasteiger partial charge in [-0.15, -0.1) is 0 Å². The minimum atomic E-state index is 0.849. The number of hydrogen-bond donors (Lipinski definition) is 1. The number of para-hydroxylation sites is 1. The van der Waals surface area contributed by atoms with Crippen LogP contribution in [0.1, 0.15) is 5.56 Å².